The van der Waals surface area contributed by atoms with Crippen LogP contribution in [0.2, 0.25) is 5.15 Å². The largest absolute Gasteiger partial charge is 0.378 e. The number of nitrogens with two attached hydrogens (primary N) is 1. The van der Waals surface area contributed by atoms with Crippen molar-refractivity contribution < 1.29 is 9.53 Å². The lowest BCUT2D eigenvalue weighted by molar-refractivity contribution is -0.117. The van der Waals surface area contributed by atoms with Crippen LogP contribution >= 0.6 is 11.6 Å². The van der Waals surface area contributed by atoms with E-state index in [1.807, 2.05) is 4.90 Å². The van der Waals surface area contributed by atoms with Gasteiger partial charge in [-0.2, -0.15) is 4.99 Å². The van der Waals surface area contributed by atoms with Gasteiger partial charge in [0.1, 0.15) is 10.5 Å². The summed E-state index contributed by atoms with van der Waals surface area (Å²) in [6, 6.07) is 0. The van der Waals surface area contributed by atoms with Crippen molar-refractivity contribution in [3.05, 3.63) is 22.0 Å². The van der Waals surface area contributed by atoms with Gasteiger partial charge in [0.25, 0.3) is 0 Å². The summed E-state index contributed by atoms with van der Waals surface area (Å²) in [5.41, 5.74) is 5.75. The maximum absolute atomic E-state index is 11.1. The van der Waals surface area contributed by atoms with Crippen molar-refractivity contribution in [1.82, 2.24) is 20.2 Å². The van der Waals surface area contributed by atoms with Crippen LogP contribution in [0.4, 0.5) is 0 Å². The maximum Gasteiger partial charge on any atom is 0.223 e. The molecule has 1 saturated heterocycles. The first-order valence-electron chi connectivity index (χ1n) is 6.63. The molecule has 1 aliphatic heterocycles. The SMILES string of the molecule is C=c1ncc(Cl)n/c1=C(/N=C(N)NC(C)=O)N1CCOCC1. The molecule has 1 aliphatic rings. The molecule has 1 aromatic rings. The predicted molar refractivity (Wildman–Crippen MR) is 83.1 cm³/mol. The van der Waals surface area contributed by atoms with Crippen molar-refractivity contribution in [3.8, 4) is 0 Å². The van der Waals surface area contributed by atoms with Crippen molar-refractivity contribution in [1.29, 1.82) is 0 Å². The van der Waals surface area contributed by atoms with Gasteiger partial charge in [-0.1, -0.05) is 18.2 Å². The highest BCUT2D eigenvalue weighted by atomic mass is 35.5. The first-order valence-corrected chi connectivity index (χ1v) is 7.01. The van der Waals surface area contributed by atoms with E-state index in [0.717, 1.165) is 0 Å². The minimum absolute atomic E-state index is 0.0323. The molecule has 0 radical (unpaired) electrons. The van der Waals surface area contributed by atoms with Gasteiger partial charge in [-0.05, 0) is 0 Å². The lowest BCUT2D eigenvalue weighted by Gasteiger charge is -2.28. The summed E-state index contributed by atoms with van der Waals surface area (Å²) in [5.74, 6) is 0.110. The van der Waals surface area contributed by atoms with Gasteiger partial charge in [0.05, 0.1) is 24.8 Å². The number of carbonyl (C=O) groups is 1. The number of morpholine rings is 1. The summed E-state index contributed by atoms with van der Waals surface area (Å²) < 4.78 is 5.33. The van der Waals surface area contributed by atoms with E-state index in [-0.39, 0.29) is 17.0 Å². The Balaban J connectivity index is 2.56. The number of amides is 1. The lowest BCUT2D eigenvalue weighted by atomic mass is 10.4. The average molecular weight is 325 g/mol. The molecular formula is C13H17ClN6O2. The summed E-state index contributed by atoms with van der Waals surface area (Å²) in [6.07, 6.45) is 1.41. The van der Waals surface area contributed by atoms with Crippen molar-refractivity contribution in [2.45, 2.75) is 6.92 Å². The van der Waals surface area contributed by atoms with Crippen LogP contribution < -0.4 is 21.7 Å². The molecule has 0 saturated carbocycles. The fourth-order valence-corrected chi connectivity index (χ4v) is 2.08. The summed E-state index contributed by atoms with van der Waals surface area (Å²) in [7, 11) is 0. The number of hydrogen-bond donors (Lipinski definition) is 2. The molecule has 1 amide bonds. The van der Waals surface area contributed by atoms with E-state index in [9.17, 15) is 4.79 Å². The molecule has 22 heavy (non-hydrogen) atoms. The van der Waals surface area contributed by atoms with Crippen LogP contribution in [0.25, 0.3) is 12.4 Å². The zero-order valence-electron chi connectivity index (χ0n) is 12.2. The molecular weight excluding hydrogens is 308 g/mol. The number of hydrogen-bond acceptors (Lipinski definition) is 6. The molecule has 0 aromatic carbocycles. The molecule has 0 aliphatic carbocycles. The van der Waals surface area contributed by atoms with Gasteiger partial charge in [-0.25, -0.2) is 4.98 Å². The van der Waals surface area contributed by atoms with Gasteiger partial charge < -0.3 is 15.4 Å². The molecule has 2 rings (SSSR count). The molecule has 118 valence electrons. The molecule has 0 unspecified atom stereocenters. The van der Waals surface area contributed by atoms with Crippen LogP contribution in [0, 0.1) is 0 Å². The average Bonchev–Trinajstić information content (AvgIpc) is 2.48. The summed E-state index contributed by atoms with van der Waals surface area (Å²) >= 11 is 5.91. The van der Waals surface area contributed by atoms with Gasteiger partial charge in [-0.15, -0.1) is 0 Å². The van der Waals surface area contributed by atoms with Gasteiger partial charge in [-0.3, -0.25) is 15.1 Å². The van der Waals surface area contributed by atoms with E-state index in [4.69, 9.17) is 22.1 Å². The number of ether oxygens (including phenoxy) is 1. The second-order valence-corrected chi connectivity index (χ2v) is 4.98. The second-order valence-electron chi connectivity index (χ2n) is 4.59. The van der Waals surface area contributed by atoms with E-state index in [0.29, 0.717) is 42.8 Å². The summed E-state index contributed by atoms with van der Waals surface area (Å²) in [5, 5.41) is 3.49. The number of aliphatic imine (C=N–C) groups is 1. The zero-order chi connectivity index (χ0) is 16.1. The second kappa shape index (κ2) is 7.19. The molecule has 1 fully saturated rings. The molecule has 1 aromatic heterocycles. The van der Waals surface area contributed by atoms with Crippen LogP contribution in [0.15, 0.2) is 11.2 Å². The molecule has 2 heterocycles. The van der Waals surface area contributed by atoms with Gasteiger partial charge >= 0.3 is 0 Å². The van der Waals surface area contributed by atoms with Crippen LogP contribution in [-0.4, -0.2) is 53.0 Å². The third-order valence-corrected chi connectivity index (χ3v) is 3.05. The van der Waals surface area contributed by atoms with Gasteiger partial charge in [0.2, 0.25) is 11.9 Å². The molecule has 8 nitrogen and oxygen atoms in total. The summed E-state index contributed by atoms with van der Waals surface area (Å²) in [4.78, 5) is 25.6. The number of guanidine groups is 1. The number of rotatable bonds is 2. The Morgan fingerprint density at radius 2 is 2.23 bits per heavy atom. The number of nitrogens with zero attached hydrogens (tertiary/aromatic N) is 4. The number of aromatic nitrogens is 2. The molecule has 0 spiro atoms. The fourth-order valence-electron chi connectivity index (χ4n) is 1.94. The highest BCUT2D eigenvalue weighted by Crippen LogP contribution is 2.08. The minimum Gasteiger partial charge on any atom is -0.378 e. The quantitative estimate of drug-likeness (QED) is 0.501. The smallest absolute Gasteiger partial charge is 0.223 e. The van der Waals surface area contributed by atoms with E-state index in [2.05, 4.69) is 26.9 Å². The Bertz CT molecular complexity index is 699. The molecule has 0 atom stereocenters. The minimum atomic E-state index is -0.311. The topological polar surface area (TPSA) is 106 Å². The standard InChI is InChI=1S/C13H17ClN6O2/c1-8-11(18-10(14)7-16-8)12(19-13(15)17-9(2)21)20-3-5-22-6-4-20/h7H,1,3-6H2,2H3,(H3,15,17,19,21)/b12-11-. The van der Waals surface area contributed by atoms with Gasteiger partial charge in [0.15, 0.2) is 5.82 Å². The Hall–Kier alpha value is -2.19. The van der Waals surface area contributed by atoms with Crippen LogP contribution in [0.3, 0.4) is 0 Å². The van der Waals surface area contributed by atoms with E-state index < -0.39 is 0 Å². The van der Waals surface area contributed by atoms with E-state index in [1.165, 1.54) is 13.1 Å². The van der Waals surface area contributed by atoms with Crippen LogP contribution in [0.5, 0.6) is 0 Å². The van der Waals surface area contributed by atoms with Crippen molar-refractivity contribution in [2.24, 2.45) is 10.7 Å². The van der Waals surface area contributed by atoms with Crippen molar-refractivity contribution in [2.75, 3.05) is 26.3 Å². The first kappa shape index (κ1) is 16.2. The monoisotopic (exact) mass is 324 g/mol. The predicted octanol–water partition coefficient (Wildman–Crippen LogP) is -1.61. The number of halogens is 1. The Morgan fingerprint density at radius 1 is 1.55 bits per heavy atom. The van der Waals surface area contributed by atoms with Gasteiger partial charge in [0, 0.05) is 20.0 Å². The van der Waals surface area contributed by atoms with E-state index in [1.54, 1.807) is 0 Å². The lowest BCUT2D eigenvalue weighted by Crippen LogP contribution is -2.44. The normalized spacial score (nSPS) is 17.2. The zero-order valence-corrected chi connectivity index (χ0v) is 12.9. The molecule has 0 bridgehead atoms. The van der Waals surface area contributed by atoms with Crippen LogP contribution in [-0.2, 0) is 9.53 Å². The molecule has 3 N–H and O–H groups in total. The maximum atomic E-state index is 11.1. The van der Waals surface area contributed by atoms with E-state index >= 15 is 0 Å². The van der Waals surface area contributed by atoms with Crippen molar-refractivity contribution >= 4 is 35.9 Å². The molecule has 9 heteroatoms. The van der Waals surface area contributed by atoms with Crippen molar-refractivity contribution in [3.63, 3.8) is 0 Å². The fraction of sp³-hybridized carbons (Fsp3) is 0.385. The highest BCUT2D eigenvalue weighted by molar-refractivity contribution is 6.29. The first-order chi connectivity index (χ1) is 10.5. The highest BCUT2D eigenvalue weighted by Gasteiger charge is 2.16. The number of carbonyl (C=O) groups excluding carboxylic acids is 1. The summed E-state index contributed by atoms with van der Waals surface area (Å²) in [6.45, 7) is 7.52. The third-order valence-electron chi connectivity index (χ3n) is 2.87. The number of nitrogens with one attached hydrogen (secondary N) is 1. The van der Waals surface area contributed by atoms with Crippen LogP contribution in [0.1, 0.15) is 6.92 Å². The Labute approximate surface area is 132 Å². The third kappa shape index (κ3) is 4.15. The Morgan fingerprint density at radius 3 is 2.86 bits per heavy atom. The Kier molecular flexibility index (Phi) is 5.29.